The minimum atomic E-state index is -4.96. The number of halogens is 4. The van der Waals surface area contributed by atoms with Crippen LogP contribution in [0.2, 0.25) is 5.15 Å². The Bertz CT molecular complexity index is 1320. The Kier molecular flexibility index (Phi) is 7.72. The number of hydrogen-bond donors (Lipinski definition) is 1. The van der Waals surface area contributed by atoms with E-state index in [9.17, 15) is 31.2 Å². The smallest absolute Gasteiger partial charge is 0.354 e. The number of carbonyl (C=O) groups excluding carboxylic acids is 2. The van der Waals surface area contributed by atoms with E-state index >= 15 is 0 Å². The second-order valence-electron chi connectivity index (χ2n) is 8.05. The van der Waals surface area contributed by atoms with Gasteiger partial charge in [0.15, 0.2) is 0 Å². The summed E-state index contributed by atoms with van der Waals surface area (Å²) in [5.41, 5.74) is -0.792. The van der Waals surface area contributed by atoms with Crippen LogP contribution in [-0.2, 0) is 21.0 Å². The van der Waals surface area contributed by atoms with Crippen molar-refractivity contribution in [1.82, 2.24) is 29.5 Å². The van der Waals surface area contributed by atoms with Crippen molar-refractivity contribution in [2.45, 2.75) is 25.2 Å². The van der Waals surface area contributed by atoms with Gasteiger partial charge in [-0.3, -0.25) is 9.59 Å². The fourth-order valence-corrected chi connectivity index (χ4v) is 5.57. The Labute approximate surface area is 210 Å². The summed E-state index contributed by atoms with van der Waals surface area (Å²) in [7, 11) is -2.56. The number of rotatable bonds is 5. The van der Waals surface area contributed by atoms with Crippen molar-refractivity contribution in [2.75, 3.05) is 26.4 Å². The molecule has 1 aliphatic heterocycles. The highest BCUT2D eigenvalue weighted by molar-refractivity contribution is 7.88. The van der Waals surface area contributed by atoms with Gasteiger partial charge in [-0.05, 0) is 36.8 Å². The van der Waals surface area contributed by atoms with Gasteiger partial charge in [-0.2, -0.15) is 17.5 Å². The zero-order valence-corrected chi connectivity index (χ0v) is 20.9. The lowest BCUT2D eigenvalue weighted by atomic mass is 10.0. The minimum absolute atomic E-state index is 0.0664. The van der Waals surface area contributed by atoms with Crippen LogP contribution in [0.1, 0.15) is 34.8 Å². The van der Waals surface area contributed by atoms with Gasteiger partial charge in [0.2, 0.25) is 21.8 Å². The van der Waals surface area contributed by atoms with Gasteiger partial charge < -0.3 is 10.2 Å². The Balaban J connectivity index is 2.20. The van der Waals surface area contributed by atoms with Crippen LogP contribution in [-0.4, -0.2) is 76.8 Å². The lowest BCUT2D eigenvalue weighted by molar-refractivity contribution is -0.145. The molecule has 3 rings (SSSR count). The molecule has 2 aromatic heterocycles. The molecule has 2 aromatic rings. The number of pyridine rings is 1. The molecule has 3 heterocycles. The molecule has 2 amide bonds. The lowest BCUT2D eigenvalue weighted by Gasteiger charge is -2.44. The van der Waals surface area contributed by atoms with Gasteiger partial charge in [0.05, 0.1) is 23.7 Å². The van der Waals surface area contributed by atoms with Gasteiger partial charge in [-0.25, -0.2) is 23.4 Å². The Hall–Kier alpha value is -3.10. The van der Waals surface area contributed by atoms with Gasteiger partial charge in [0.1, 0.15) is 10.8 Å². The van der Waals surface area contributed by atoms with Crippen LogP contribution >= 0.6 is 11.6 Å². The fourth-order valence-electron chi connectivity index (χ4n) is 3.98. The Morgan fingerprint density at radius 1 is 1.17 bits per heavy atom. The van der Waals surface area contributed by atoms with E-state index in [2.05, 4.69) is 26.8 Å². The number of hydrogen-bond acceptors (Lipinski definition) is 7. The van der Waals surface area contributed by atoms with Gasteiger partial charge in [-0.15, -0.1) is 0 Å². The summed E-state index contributed by atoms with van der Waals surface area (Å²) in [6.07, 6.45) is -2.84. The maximum Gasteiger partial charge on any atom is 0.451 e. The molecule has 1 N–H and O–H groups in total. The molecule has 0 aromatic carbocycles. The molecule has 10 nitrogen and oxygen atoms in total. The van der Waals surface area contributed by atoms with Gasteiger partial charge in [0, 0.05) is 26.2 Å². The van der Waals surface area contributed by atoms with Crippen LogP contribution in [0.15, 0.2) is 30.9 Å². The van der Waals surface area contributed by atoms with Crippen molar-refractivity contribution in [3.05, 3.63) is 53.1 Å². The van der Waals surface area contributed by atoms with Crippen LogP contribution in [0.4, 0.5) is 13.2 Å². The lowest BCUT2D eigenvalue weighted by Crippen LogP contribution is -2.56. The van der Waals surface area contributed by atoms with E-state index in [0.29, 0.717) is 0 Å². The first-order valence-electron chi connectivity index (χ1n) is 10.4. The van der Waals surface area contributed by atoms with E-state index in [4.69, 9.17) is 11.6 Å². The molecular weight excluding hydrogens is 525 g/mol. The molecule has 0 unspecified atom stereocenters. The van der Waals surface area contributed by atoms with Crippen LogP contribution in [0.25, 0.3) is 11.4 Å². The van der Waals surface area contributed by atoms with Crippen LogP contribution in [0.5, 0.6) is 0 Å². The number of piperazine rings is 1. The summed E-state index contributed by atoms with van der Waals surface area (Å²) in [5.74, 6) is -2.86. The number of nitrogens with zero attached hydrogens (tertiary/aromatic N) is 5. The molecular formula is C21H22ClF3N6O4S. The maximum absolute atomic E-state index is 13.4. The van der Waals surface area contributed by atoms with Crippen molar-refractivity contribution in [1.29, 1.82) is 0 Å². The number of aromatic nitrogens is 3. The molecule has 0 bridgehead atoms. The monoisotopic (exact) mass is 546 g/mol. The zero-order chi connectivity index (χ0) is 27.0. The van der Waals surface area contributed by atoms with Gasteiger partial charge in [-0.1, -0.05) is 18.2 Å². The third-order valence-corrected chi connectivity index (χ3v) is 6.97. The topological polar surface area (TPSA) is 125 Å². The van der Waals surface area contributed by atoms with Crippen molar-refractivity contribution in [3.63, 3.8) is 0 Å². The van der Waals surface area contributed by atoms with Crippen molar-refractivity contribution < 1.29 is 31.2 Å². The Morgan fingerprint density at radius 2 is 1.81 bits per heavy atom. The van der Waals surface area contributed by atoms with Crippen molar-refractivity contribution >= 4 is 33.4 Å². The molecule has 15 heteroatoms. The number of sulfonamides is 1. The van der Waals surface area contributed by atoms with Crippen molar-refractivity contribution in [2.24, 2.45) is 0 Å². The predicted octanol–water partition coefficient (Wildman–Crippen LogP) is 2.29. The van der Waals surface area contributed by atoms with Crippen LogP contribution < -0.4 is 5.32 Å². The van der Waals surface area contributed by atoms with Gasteiger partial charge in [0.25, 0.3) is 5.91 Å². The first-order chi connectivity index (χ1) is 16.6. The number of alkyl halides is 3. The summed E-state index contributed by atoms with van der Waals surface area (Å²) in [5, 5.41) is 2.04. The average molecular weight is 547 g/mol. The molecule has 1 aliphatic rings. The largest absolute Gasteiger partial charge is 0.451 e. The highest BCUT2D eigenvalue weighted by Crippen LogP contribution is 2.35. The summed E-state index contributed by atoms with van der Waals surface area (Å²) < 4.78 is 66.8. The third kappa shape index (κ3) is 5.82. The van der Waals surface area contributed by atoms with Crippen LogP contribution in [0, 0.1) is 0 Å². The standard InChI is InChI=1S/C21H22ClF3N6O4S/c1-5-18(32)30-9-11(2)31(36(4,34)35)16(10-30)12-6-13(27-17(22)7-12)14-8-15(19(33)26-3)29-20(28-14)21(23,24)25/h5-8,11,16H,1,9-10H2,2-4H3,(H,26,33)/t11-,16-/m1/s1. The molecule has 0 spiro atoms. The quantitative estimate of drug-likeness (QED) is 0.450. The zero-order valence-electron chi connectivity index (χ0n) is 19.4. The highest BCUT2D eigenvalue weighted by Gasteiger charge is 2.40. The second kappa shape index (κ2) is 10.1. The van der Waals surface area contributed by atoms with E-state index in [1.807, 2.05) is 0 Å². The maximum atomic E-state index is 13.4. The van der Waals surface area contributed by atoms with E-state index in [1.165, 1.54) is 28.4 Å². The summed E-state index contributed by atoms with van der Waals surface area (Å²) in [6.45, 7) is 5.12. The predicted molar refractivity (Wildman–Crippen MR) is 124 cm³/mol. The van der Waals surface area contributed by atoms with Crippen molar-refractivity contribution in [3.8, 4) is 11.4 Å². The molecule has 1 fully saturated rings. The highest BCUT2D eigenvalue weighted by atomic mass is 35.5. The molecule has 1 saturated heterocycles. The summed E-state index contributed by atoms with van der Waals surface area (Å²) >= 11 is 6.18. The molecule has 0 radical (unpaired) electrons. The molecule has 36 heavy (non-hydrogen) atoms. The molecule has 2 atom stereocenters. The first-order valence-corrected chi connectivity index (χ1v) is 12.6. The van der Waals surface area contributed by atoms with E-state index in [0.717, 1.165) is 18.4 Å². The Morgan fingerprint density at radius 3 is 2.36 bits per heavy atom. The first kappa shape index (κ1) is 27.5. The number of carbonyl (C=O) groups is 2. The SMILES string of the molecule is C=CC(=O)N1C[C@@H](C)N(S(C)(=O)=O)[C@@H](c2cc(Cl)nc(-c3cc(C(=O)NC)nc(C(F)(F)F)n3)c2)C1. The molecule has 0 aliphatic carbocycles. The third-order valence-electron chi connectivity index (χ3n) is 5.39. The van der Waals surface area contributed by atoms with E-state index in [-0.39, 0.29) is 35.2 Å². The number of amides is 2. The van der Waals surface area contributed by atoms with Gasteiger partial charge >= 0.3 is 6.18 Å². The summed E-state index contributed by atoms with van der Waals surface area (Å²) in [4.78, 5) is 36.6. The molecule has 0 saturated carbocycles. The van der Waals surface area contributed by atoms with Crippen LogP contribution in [0.3, 0.4) is 0 Å². The normalized spacial score (nSPS) is 19.1. The summed E-state index contributed by atoms with van der Waals surface area (Å²) in [6, 6.07) is 2.12. The fraction of sp³-hybridized carbons (Fsp3) is 0.381. The number of nitrogens with one attached hydrogen (secondary N) is 1. The van der Waals surface area contributed by atoms with E-state index < -0.39 is 51.6 Å². The average Bonchev–Trinajstić information content (AvgIpc) is 2.80. The van der Waals surface area contributed by atoms with E-state index in [1.54, 1.807) is 6.92 Å². The second-order valence-corrected chi connectivity index (χ2v) is 10.3. The minimum Gasteiger partial charge on any atom is -0.354 e. The molecule has 194 valence electrons.